The van der Waals surface area contributed by atoms with Gasteiger partial charge in [0.2, 0.25) is 0 Å². The molecule has 1 aromatic rings. The Morgan fingerprint density at radius 1 is 1.67 bits per heavy atom. The standard InChI is InChI=1S/C8H8N2O2/c9-7-5-6(3-4-10-7)1-2-8(11)12/h1-5H,(H2,9,10)(H,11,12)/b2-1+. The van der Waals surface area contributed by atoms with Crippen LogP contribution in [0.5, 0.6) is 0 Å². The van der Waals surface area contributed by atoms with Crippen molar-refractivity contribution in [2.45, 2.75) is 0 Å². The van der Waals surface area contributed by atoms with E-state index >= 15 is 0 Å². The fourth-order valence-corrected chi connectivity index (χ4v) is 0.737. The van der Waals surface area contributed by atoms with Crippen molar-refractivity contribution < 1.29 is 9.90 Å². The number of carbonyl (C=O) groups is 1. The van der Waals surface area contributed by atoms with Crippen LogP contribution in [0.2, 0.25) is 0 Å². The molecule has 4 nitrogen and oxygen atoms in total. The number of aliphatic carboxylic acids is 1. The molecule has 1 heterocycles. The Bertz CT molecular complexity index is 321. The summed E-state index contributed by atoms with van der Waals surface area (Å²) in [6, 6.07) is 3.27. The van der Waals surface area contributed by atoms with E-state index in [-0.39, 0.29) is 0 Å². The van der Waals surface area contributed by atoms with Crippen LogP contribution in [-0.2, 0) is 4.79 Å². The van der Waals surface area contributed by atoms with Gasteiger partial charge in [0.25, 0.3) is 0 Å². The van der Waals surface area contributed by atoms with Gasteiger partial charge in [0, 0.05) is 12.3 Å². The van der Waals surface area contributed by atoms with E-state index in [9.17, 15) is 4.79 Å². The molecule has 0 spiro atoms. The monoisotopic (exact) mass is 164 g/mol. The van der Waals surface area contributed by atoms with Crippen molar-refractivity contribution in [1.82, 2.24) is 4.98 Å². The molecule has 0 aliphatic carbocycles. The van der Waals surface area contributed by atoms with Gasteiger partial charge in [-0.15, -0.1) is 0 Å². The molecular formula is C8H8N2O2. The Kier molecular flexibility index (Phi) is 2.42. The highest BCUT2D eigenvalue weighted by atomic mass is 16.4. The van der Waals surface area contributed by atoms with Crippen molar-refractivity contribution in [2.24, 2.45) is 0 Å². The number of aromatic nitrogens is 1. The third-order valence-electron chi connectivity index (χ3n) is 1.22. The second-order valence-corrected chi connectivity index (χ2v) is 2.19. The maximum absolute atomic E-state index is 10.1. The van der Waals surface area contributed by atoms with Gasteiger partial charge in [0.15, 0.2) is 0 Å². The van der Waals surface area contributed by atoms with Crippen LogP contribution >= 0.6 is 0 Å². The molecule has 1 aromatic heterocycles. The average Bonchev–Trinajstić information content (AvgIpc) is 2.01. The van der Waals surface area contributed by atoms with Gasteiger partial charge in [-0.2, -0.15) is 0 Å². The summed E-state index contributed by atoms with van der Waals surface area (Å²) in [6.45, 7) is 0. The molecule has 0 fully saturated rings. The first-order valence-corrected chi connectivity index (χ1v) is 3.31. The Labute approximate surface area is 69.4 Å². The van der Waals surface area contributed by atoms with Gasteiger partial charge in [-0.25, -0.2) is 9.78 Å². The van der Waals surface area contributed by atoms with Gasteiger partial charge in [0.05, 0.1) is 0 Å². The van der Waals surface area contributed by atoms with E-state index in [0.717, 1.165) is 11.6 Å². The Morgan fingerprint density at radius 3 is 3.00 bits per heavy atom. The van der Waals surface area contributed by atoms with E-state index < -0.39 is 5.97 Å². The number of anilines is 1. The summed E-state index contributed by atoms with van der Waals surface area (Å²) in [5.74, 6) is -0.604. The topological polar surface area (TPSA) is 76.2 Å². The number of pyridine rings is 1. The molecule has 0 aliphatic heterocycles. The van der Waals surface area contributed by atoms with Crippen molar-refractivity contribution in [3.05, 3.63) is 30.0 Å². The van der Waals surface area contributed by atoms with Crippen LogP contribution in [0.1, 0.15) is 5.56 Å². The van der Waals surface area contributed by atoms with Gasteiger partial charge in [0.1, 0.15) is 5.82 Å². The van der Waals surface area contributed by atoms with Crippen LogP contribution in [0, 0.1) is 0 Å². The summed E-state index contributed by atoms with van der Waals surface area (Å²) in [6.07, 6.45) is 4.03. The highest BCUT2D eigenvalue weighted by Crippen LogP contribution is 2.04. The Balaban J connectivity index is 2.83. The molecule has 0 unspecified atom stereocenters. The molecule has 0 saturated heterocycles. The summed E-state index contributed by atoms with van der Waals surface area (Å²) in [5.41, 5.74) is 6.10. The van der Waals surface area contributed by atoms with E-state index in [1.807, 2.05) is 0 Å². The maximum atomic E-state index is 10.1. The number of nitrogens with two attached hydrogens (primary N) is 1. The van der Waals surface area contributed by atoms with Gasteiger partial charge in [-0.1, -0.05) is 0 Å². The first kappa shape index (κ1) is 8.26. The molecule has 62 valence electrons. The first-order valence-electron chi connectivity index (χ1n) is 3.31. The minimum atomic E-state index is -0.981. The second kappa shape index (κ2) is 3.52. The number of nitrogens with zero attached hydrogens (tertiary/aromatic N) is 1. The third kappa shape index (κ3) is 2.42. The summed E-state index contributed by atoms with van der Waals surface area (Å²) < 4.78 is 0. The van der Waals surface area contributed by atoms with E-state index in [1.54, 1.807) is 12.1 Å². The lowest BCUT2D eigenvalue weighted by molar-refractivity contribution is -0.131. The van der Waals surface area contributed by atoms with E-state index in [2.05, 4.69) is 4.98 Å². The zero-order valence-corrected chi connectivity index (χ0v) is 6.27. The zero-order valence-electron chi connectivity index (χ0n) is 6.27. The molecule has 12 heavy (non-hydrogen) atoms. The van der Waals surface area contributed by atoms with Crippen molar-refractivity contribution in [1.29, 1.82) is 0 Å². The molecule has 3 N–H and O–H groups in total. The van der Waals surface area contributed by atoms with E-state index in [0.29, 0.717) is 5.82 Å². The minimum Gasteiger partial charge on any atom is -0.478 e. The number of carboxylic acid groups (broad SMARTS) is 1. The number of hydrogen-bond acceptors (Lipinski definition) is 3. The van der Waals surface area contributed by atoms with Crippen LogP contribution in [0.3, 0.4) is 0 Å². The van der Waals surface area contributed by atoms with Crippen molar-refractivity contribution in [3.63, 3.8) is 0 Å². The van der Waals surface area contributed by atoms with E-state index in [1.165, 1.54) is 12.3 Å². The second-order valence-electron chi connectivity index (χ2n) is 2.19. The lowest BCUT2D eigenvalue weighted by atomic mass is 10.2. The quantitative estimate of drug-likeness (QED) is 0.633. The van der Waals surface area contributed by atoms with Crippen LogP contribution < -0.4 is 5.73 Å². The van der Waals surface area contributed by atoms with Crippen LogP contribution in [0.25, 0.3) is 6.08 Å². The first-order chi connectivity index (χ1) is 5.68. The SMILES string of the molecule is Nc1cc(/C=C/C(=O)O)ccn1. The van der Waals surface area contributed by atoms with E-state index in [4.69, 9.17) is 10.8 Å². The third-order valence-corrected chi connectivity index (χ3v) is 1.22. The minimum absolute atomic E-state index is 0.377. The van der Waals surface area contributed by atoms with Crippen molar-refractivity contribution in [2.75, 3.05) is 5.73 Å². The summed E-state index contributed by atoms with van der Waals surface area (Å²) in [5, 5.41) is 8.31. The van der Waals surface area contributed by atoms with Crippen LogP contribution in [0.15, 0.2) is 24.4 Å². The lowest BCUT2D eigenvalue weighted by Gasteiger charge is -1.92. The molecule has 0 bridgehead atoms. The van der Waals surface area contributed by atoms with Crippen LogP contribution in [-0.4, -0.2) is 16.1 Å². The molecule has 0 aromatic carbocycles. The molecule has 0 atom stereocenters. The highest BCUT2D eigenvalue weighted by molar-refractivity contribution is 5.85. The number of rotatable bonds is 2. The highest BCUT2D eigenvalue weighted by Gasteiger charge is 1.90. The predicted molar refractivity (Wildman–Crippen MR) is 45.3 cm³/mol. The largest absolute Gasteiger partial charge is 0.478 e. The normalized spacial score (nSPS) is 10.3. The Hall–Kier alpha value is -1.84. The number of hydrogen-bond donors (Lipinski definition) is 2. The van der Waals surface area contributed by atoms with Crippen LogP contribution in [0.4, 0.5) is 5.82 Å². The molecule has 0 saturated carbocycles. The average molecular weight is 164 g/mol. The summed E-state index contributed by atoms with van der Waals surface area (Å²) in [4.78, 5) is 13.9. The number of carboxylic acids is 1. The zero-order chi connectivity index (χ0) is 8.97. The molecular weight excluding hydrogens is 156 g/mol. The van der Waals surface area contributed by atoms with Gasteiger partial charge in [-0.3, -0.25) is 0 Å². The van der Waals surface area contributed by atoms with Crippen molar-refractivity contribution in [3.8, 4) is 0 Å². The molecule has 0 amide bonds. The van der Waals surface area contributed by atoms with Gasteiger partial charge in [-0.05, 0) is 23.8 Å². The van der Waals surface area contributed by atoms with Gasteiger partial charge >= 0.3 is 5.97 Å². The summed E-state index contributed by atoms with van der Waals surface area (Å²) in [7, 11) is 0. The molecule has 0 aliphatic rings. The molecule has 4 heteroatoms. The van der Waals surface area contributed by atoms with Gasteiger partial charge < -0.3 is 10.8 Å². The van der Waals surface area contributed by atoms with Crippen molar-refractivity contribution >= 4 is 17.9 Å². The predicted octanol–water partition coefficient (Wildman–Crippen LogP) is 0.762. The summed E-state index contributed by atoms with van der Waals surface area (Å²) >= 11 is 0. The fourth-order valence-electron chi connectivity index (χ4n) is 0.737. The Morgan fingerprint density at radius 2 is 2.42 bits per heavy atom. The molecule has 1 rings (SSSR count). The number of nitrogen functional groups attached to an aromatic ring is 1. The molecule has 0 radical (unpaired) electrons. The smallest absolute Gasteiger partial charge is 0.328 e. The fraction of sp³-hybridized carbons (Fsp3) is 0. The maximum Gasteiger partial charge on any atom is 0.328 e. The lowest BCUT2D eigenvalue weighted by Crippen LogP contribution is -1.89.